The number of hydrogen-bond donors (Lipinski definition) is 1. The number of benzene rings is 1. The van der Waals surface area contributed by atoms with Crippen LogP contribution in [0.4, 0.5) is 0 Å². The second kappa shape index (κ2) is 8.68. The molecule has 1 aromatic heterocycles. The van der Waals surface area contributed by atoms with Gasteiger partial charge in [0, 0.05) is 23.0 Å². The zero-order chi connectivity index (χ0) is 19.1. The summed E-state index contributed by atoms with van der Waals surface area (Å²) in [6.07, 6.45) is 12.7. The van der Waals surface area contributed by atoms with Gasteiger partial charge in [-0.15, -0.1) is 6.42 Å². The summed E-state index contributed by atoms with van der Waals surface area (Å²) in [5.74, 6) is 2.24. The van der Waals surface area contributed by atoms with Gasteiger partial charge in [0.15, 0.2) is 0 Å². The second-order valence-corrected chi connectivity index (χ2v) is 5.76. The number of pyridine rings is 1. The van der Waals surface area contributed by atoms with Crippen LogP contribution in [0.3, 0.4) is 0 Å². The Hall–Kier alpha value is -3.32. The maximum atomic E-state index is 12.9. The number of terminal acetylenes is 1. The Morgan fingerprint density at radius 2 is 2.04 bits per heavy atom. The minimum atomic E-state index is -0.246. The number of nitrogens with one attached hydrogen (secondary N) is 1. The van der Waals surface area contributed by atoms with Gasteiger partial charge in [-0.3, -0.25) is 14.2 Å². The first-order valence-corrected chi connectivity index (χ1v) is 8.33. The van der Waals surface area contributed by atoms with Crippen molar-refractivity contribution in [2.75, 3.05) is 6.54 Å². The molecule has 4 heteroatoms. The molecule has 0 atom stereocenters. The predicted molar refractivity (Wildman–Crippen MR) is 107 cm³/mol. The van der Waals surface area contributed by atoms with Gasteiger partial charge in [-0.2, -0.15) is 0 Å². The van der Waals surface area contributed by atoms with E-state index in [0.29, 0.717) is 28.6 Å². The van der Waals surface area contributed by atoms with Crippen molar-refractivity contribution >= 4 is 16.7 Å². The normalized spacial score (nSPS) is 11.5. The van der Waals surface area contributed by atoms with E-state index in [9.17, 15) is 9.59 Å². The highest BCUT2D eigenvalue weighted by Crippen LogP contribution is 2.19. The zero-order valence-electron chi connectivity index (χ0n) is 15.1. The standard InChI is InChI=1S/C22H22N2O2/c1-5-10-17(11-6-2)15-23-21(25)20-16(4)24(14-7-3)22(26)19-13-9-8-12-18(19)20/h3,5-6,8-13H,1,14-15H2,2,4H3,(H,23,25). The van der Waals surface area contributed by atoms with E-state index in [2.05, 4.69) is 17.8 Å². The topological polar surface area (TPSA) is 51.1 Å². The Morgan fingerprint density at radius 1 is 1.35 bits per heavy atom. The molecule has 0 aliphatic heterocycles. The summed E-state index contributed by atoms with van der Waals surface area (Å²) in [7, 11) is 0. The fourth-order valence-electron chi connectivity index (χ4n) is 2.89. The lowest BCUT2D eigenvalue weighted by Crippen LogP contribution is -2.31. The van der Waals surface area contributed by atoms with E-state index < -0.39 is 0 Å². The lowest BCUT2D eigenvalue weighted by molar-refractivity contribution is 0.0957. The number of carbonyl (C=O) groups excluding carboxylic acids is 1. The van der Waals surface area contributed by atoms with Crippen molar-refractivity contribution in [3.8, 4) is 12.3 Å². The van der Waals surface area contributed by atoms with Gasteiger partial charge in [0.2, 0.25) is 0 Å². The Kier molecular flexibility index (Phi) is 6.35. The summed E-state index contributed by atoms with van der Waals surface area (Å²) in [5, 5.41) is 4.02. The quantitative estimate of drug-likeness (QED) is 0.644. The van der Waals surface area contributed by atoms with Crippen LogP contribution in [0.15, 0.2) is 65.5 Å². The van der Waals surface area contributed by atoms with Crippen molar-refractivity contribution in [3.05, 3.63) is 82.3 Å². The third-order valence-electron chi connectivity index (χ3n) is 4.08. The summed E-state index contributed by atoms with van der Waals surface area (Å²) in [4.78, 5) is 25.6. The van der Waals surface area contributed by atoms with Gasteiger partial charge in [-0.25, -0.2) is 0 Å². The smallest absolute Gasteiger partial charge is 0.259 e. The number of rotatable bonds is 6. The van der Waals surface area contributed by atoms with Crippen molar-refractivity contribution in [2.45, 2.75) is 20.4 Å². The first-order chi connectivity index (χ1) is 12.5. The molecule has 0 bridgehead atoms. The molecular weight excluding hydrogens is 324 g/mol. The van der Waals surface area contributed by atoms with Crippen LogP contribution in [0.25, 0.3) is 10.8 Å². The molecule has 0 radical (unpaired) electrons. The van der Waals surface area contributed by atoms with Crippen LogP contribution in [0, 0.1) is 19.3 Å². The Balaban J connectivity index is 2.53. The number of fused-ring (bicyclic) bond motifs is 1. The van der Waals surface area contributed by atoms with Gasteiger partial charge in [-0.1, -0.05) is 55.0 Å². The third-order valence-corrected chi connectivity index (χ3v) is 4.08. The molecule has 0 fully saturated rings. The van der Waals surface area contributed by atoms with E-state index in [4.69, 9.17) is 6.42 Å². The predicted octanol–water partition coefficient (Wildman–Crippen LogP) is 3.36. The van der Waals surface area contributed by atoms with E-state index in [1.165, 1.54) is 4.57 Å². The highest BCUT2D eigenvalue weighted by Gasteiger charge is 2.18. The summed E-state index contributed by atoms with van der Waals surface area (Å²) in [5.41, 5.74) is 1.77. The monoisotopic (exact) mass is 346 g/mol. The molecule has 1 amide bonds. The van der Waals surface area contributed by atoms with Crippen LogP contribution in [0.1, 0.15) is 23.0 Å². The van der Waals surface area contributed by atoms with E-state index in [1.54, 1.807) is 31.2 Å². The molecular formula is C22H22N2O2. The van der Waals surface area contributed by atoms with Crippen LogP contribution in [0.5, 0.6) is 0 Å². The summed E-state index contributed by atoms with van der Waals surface area (Å²) in [6, 6.07) is 7.08. The fraction of sp³-hybridized carbons (Fsp3) is 0.182. The number of allylic oxidation sites excluding steroid dienone is 3. The molecule has 0 aliphatic carbocycles. The number of aromatic nitrogens is 1. The van der Waals surface area contributed by atoms with Crippen LogP contribution in [0.2, 0.25) is 0 Å². The molecule has 0 aliphatic rings. The first kappa shape index (κ1) is 19.0. The molecule has 4 nitrogen and oxygen atoms in total. The zero-order valence-corrected chi connectivity index (χ0v) is 15.1. The number of carbonyl (C=O) groups is 1. The van der Waals surface area contributed by atoms with Crippen molar-refractivity contribution in [1.29, 1.82) is 0 Å². The average molecular weight is 346 g/mol. The average Bonchev–Trinajstić information content (AvgIpc) is 2.64. The maximum absolute atomic E-state index is 12.9. The van der Waals surface area contributed by atoms with Gasteiger partial charge >= 0.3 is 0 Å². The van der Waals surface area contributed by atoms with Crippen molar-refractivity contribution < 1.29 is 4.79 Å². The molecule has 0 unspecified atom stereocenters. The molecule has 0 spiro atoms. The molecule has 0 saturated heterocycles. The van der Waals surface area contributed by atoms with Gasteiger partial charge in [-0.05, 0) is 25.5 Å². The molecule has 1 aromatic carbocycles. The Labute approximate surface area is 153 Å². The SMILES string of the molecule is C#CCn1c(C)c(C(=O)NCC(C=CC)=CC=C)c2ccccc2c1=O. The van der Waals surface area contributed by atoms with Crippen LogP contribution >= 0.6 is 0 Å². The maximum Gasteiger partial charge on any atom is 0.259 e. The van der Waals surface area contributed by atoms with Crippen molar-refractivity contribution in [3.63, 3.8) is 0 Å². The molecule has 2 aromatic rings. The van der Waals surface area contributed by atoms with Gasteiger partial charge in [0.25, 0.3) is 11.5 Å². The summed E-state index contributed by atoms with van der Waals surface area (Å²) < 4.78 is 1.46. The van der Waals surface area contributed by atoms with Gasteiger partial charge in [0.1, 0.15) is 0 Å². The highest BCUT2D eigenvalue weighted by molar-refractivity contribution is 6.07. The lowest BCUT2D eigenvalue weighted by atomic mass is 10.0. The van der Waals surface area contributed by atoms with Crippen molar-refractivity contribution in [2.24, 2.45) is 0 Å². The molecule has 2 rings (SSSR count). The van der Waals surface area contributed by atoms with Crippen molar-refractivity contribution in [1.82, 2.24) is 9.88 Å². The third kappa shape index (κ3) is 3.84. The number of nitrogens with zero attached hydrogens (tertiary/aromatic N) is 1. The van der Waals surface area contributed by atoms with Gasteiger partial charge < -0.3 is 5.32 Å². The number of hydrogen-bond acceptors (Lipinski definition) is 2. The summed E-state index contributed by atoms with van der Waals surface area (Å²) >= 11 is 0. The largest absolute Gasteiger partial charge is 0.348 e. The second-order valence-electron chi connectivity index (χ2n) is 5.76. The molecule has 1 N–H and O–H groups in total. The van der Waals surface area contributed by atoms with Crippen LogP contribution in [-0.2, 0) is 6.54 Å². The van der Waals surface area contributed by atoms with Crippen LogP contribution in [-0.4, -0.2) is 17.0 Å². The number of amides is 1. The molecule has 26 heavy (non-hydrogen) atoms. The summed E-state index contributed by atoms with van der Waals surface area (Å²) in [6.45, 7) is 7.82. The van der Waals surface area contributed by atoms with Crippen LogP contribution < -0.4 is 10.9 Å². The fourth-order valence-corrected chi connectivity index (χ4v) is 2.89. The minimum absolute atomic E-state index is 0.121. The van der Waals surface area contributed by atoms with E-state index in [1.807, 2.05) is 31.2 Å². The first-order valence-electron chi connectivity index (χ1n) is 8.33. The van der Waals surface area contributed by atoms with E-state index in [0.717, 1.165) is 5.57 Å². The highest BCUT2D eigenvalue weighted by atomic mass is 16.2. The Bertz CT molecular complexity index is 1000. The minimum Gasteiger partial charge on any atom is -0.348 e. The van der Waals surface area contributed by atoms with Gasteiger partial charge in [0.05, 0.1) is 12.1 Å². The molecule has 1 heterocycles. The molecule has 132 valence electrons. The lowest BCUT2D eigenvalue weighted by Gasteiger charge is -2.16. The Morgan fingerprint density at radius 3 is 2.65 bits per heavy atom. The molecule has 0 saturated carbocycles. The van der Waals surface area contributed by atoms with E-state index in [-0.39, 0.29) is 18.0 Å². The van der Waals surface area contributed by atoms with E-state index >= 15 is 0 Å².